The highest BCUT2D eigenvalue weighted by atomic mass is 19.2. The first-order chi connectivity index (χ1) is 8.50. The van der Waals surface area contributed by atoms with Gasteiger partial charge in [-0.3, -0.25) is 0 Å². The quantitative estimate of drug-likeness (QED) is 0.861. The third-order valence-electron chi connectivity index (χ3n) is 3.08. The molecule has 0 saturated heterocycles. The number of benzene rings is 2. The summed E-state index contributed by atoms with van der Waals surface area (Å²) in [6, 6.07) is 9.18. The van der Waals surface area contributed by atoms with Crippen molar-refractivity contribution >= 4 is 0 Å². The van der Waals surface area contributed by atoms with Crippen molar-refractivity contribution in [3.8, 4) is 0 Å². The Hall–Kier alpha value is -1.74. The van der Waals surface area contributed by atoms with Gasteiger partial charge in [-0.1, -0.05) is 35.9 Å². The zero-order valence-electron chi connectivity index (χ0n) is 10.4. The molecular formula is C15H15F2N. The van der Waals surface area contributed by atoms with Crippen LogP contribution in [0.15, 0.2) is 36.4 Å². The number of aryl methyl sites for hydroxylation is 2. The molecule has 0 aliphatic carbocycles. The molecule has 2 rings (SSSR count). The fraction of sp³-hybridized carbons (Fsp3) is 0.200. The van der Waals surface area contributed by atoms with E-state index in [2.05, 4.69) is 0 Å². The number of hydrogen-bond acceptors (Lipinski definition) is 1. The molecule has 0 saturated carbocycles. The van der Waals surface area contributed by atoms with Gasteiger partial charge in [-0.15, -0.1) is 0 Å². The molecule has 0 aliphatic heterocycles. The number of nitrogens with two attached hydrogens (primary N) is 1. The van der Waals surface area contributed by atoms with E-state index in [0.29, 0.717) is 0 Å². The molecule has 0 aliphatic rings. The van der Waals surface area contributed by atoms with Gasteiger partial charge in [-0.05, 0) is 31.0 Å². The van der Waals surface area contributed by atoms with Crippen LogP contribution >= 0.6 is 0 Å². The summed E-state index contributed by atoms with van der Waals surface area (Å²) in [5, 5.41) is 0. The zero-order chi connectivity index (χ0) is 13.3. The highest BCUT2D eigenvalue weighted by molar-refractivity contribution is 5.39. The van der Waals surface area contributed by atoms with E-state index < -0.39 is 17.7 Å². The summed E-state index contributed by atoms with van der Waals surface area (Å²) < 4.78 is 26.9. The molecule has 1 unspecified atom stereocenters. The van der Waals surface area contributed by atoms with Crippen molar-refractivity contribution in [3.05, 3.63) is 70.3 Å². The lowest BCUT2D eigenvalue weighted by molar-refractivity contribution is 0.494. The van der Waals surface area contributed by atoms with Gasteiger partial charge in [-0.25, -0.2) is 8.78 Å². The maximum Gasteiger partial charge on any atom is 0.163 e. The maximum absolute atomic E-state index is 13.7. The van der Waals surface area contributed by atoms with E-state index in [-0.39, 0.29) is 5.56 Å². The van der Waals surface area contributed by atoms with Crippen molar-refractivity contribution in [1.82, 2.24) is 0 Å². The van der Waals surface area contributed by atoms with Crippen LogP contribution < -0.4 is 5.73 Å². The molecule has 0 radical (unpaired) electrons. The van der Waals surface area contributed by atoms with Crippen LogP contribution in [0.1, 0.15) is 28.3 Å². The third kappa shape index (κ3) is 2.27. The lowest BCUT2D eigenvalue weighted by atomic mass is 9.94. The molecular weight excluding hydrogens is 232 g/mol. The Morgan fingerprint density at radius 1 is 1.00 bits per heavy atom. The van der Waals surface area contributed by atoms with Crippen molar-refractivity contribution in [2.45, 2.75) is 19.9 Å². The molecule has 2 N–H and O–H groups in total. The molecule has 0 aromatic heterocycles. The number of rotatable bonds is 2. The minimum absolute atomic E-state index is 0.182. The summed E-state index contributed by atoms with van der Waals surface area (Å²) >= 11 is 0. The second-order valence-corrected chi connectivity index (χ2v) is 4.48. The van der Waals surface area contributed by atoms with Gasteiger partial charge >= 0.3 is 0 Å². The van der Waals surface area contributed by atoms with Crippen molar-refractivity contribution in [3.63, 3.8) is 0 Å². The SMILES string of the molecule is Cc1ccc(C(N)c2cccc(F)c2F)c(C)c1. The minimum atomic E-state index is -0.870. The Kier molecular flexibility index (Phi) is 3.43. The number of hydrogen-bond donors (Lipinski definition) is 1. The second kappa shape index (κ2) is 4.86. The first kappa shape index (κ1) is 12.7. The van der Waals surface area contributed by atoms with Gasteiger partial charge in [0.2, 0.25) is 0 Å². The fourth-order valence-corrected chi connectivity index (χ4v) is 2.10. The van der Waals surface area contributed by atoms with E-state index in [9.17, 15) is 8.78 Å². The minimum Gasteiger partial charge on any atom is -0.320 e. The molecule has 94 valence electrons. The Balaban J connectivity index is 2.48. The van der Waals surface area contributed by atoms with Crippen LogP contribution in [0, 0.1) is 25.5 Å². The van der Waals surface area contributed by atoms with Gasteiger partial charge in [0, 0.05) is 5.56 Å². The van der Waals surface area contributed by atoms with E-state index in [1.807, 2.05) is 32.0 Å². The van der Waals surface area contributed by atoms with Crippen LogP contribution in [-0.4, -0.2) is 0 Å². The van der Waals surface area contributed by atoms with Gasteiger partial charge in [-0.2, -0.15) is 0 Å². The predicted molar refractivity (Wildman–Crippen MR) is 68.3 cm³/mol. The van der Waals surface area contributed by atoms with Gasteiger partial charge in [0.1, 0.15) is 0 Å². The van der Waals surface area contributed by atoms with Crippen LogP contribution in [0.3, 0.4) is 0 Å². The van der Waals surface area contributed by atoms with Gasteiger partial charge in [0.15, 0.2) is 11.6 Å². The molecule has 1 atom stereocenters. The summed E-state index contributed by atoms with van der Waals surface area (Å²) in [6.45, 7) is 3.89. The highest BCUT2D eigenvalue weighted by Crippen LogP contribution is 2.26. The third-order valence-corrected chi connectivity index (χ3v) is 3.08. The first-order valence-electron chi connectivity index (χ1n) is 5.77. The number of halogens is 2. The van der Waals surface area contributed by atoms with Crippen LogP contribution in [0.25, 0.3) is 0 Å². The average Bonchev–Trinajstić information content (AvgIpc) is 2.32. The van der Waals surface area contributed by atoms with Crippen molar-refractivity contribution in [2.75, 3.05) is 0 Å². The standard InChI is InChI=1S/C15H15F2N/c1-9-6-7-11(10(2)8-9)15(18)12-4-3-5-13(16)14(12)17/h3-8,15H,18H2,1-2H3. The fourth-order valence-electron chi connectivity index (χ4n) is 2.10. The van der Waals surface area contributed by atoms with Gasteiger partial charge in [0.05, 0.1) is 6.04 Å². The molecule has 0 bridgehead atoms. The van der Waals surface area contributed by atoms with Crippen molar-refractivity contribution < 1.29 is 8.78 Å². The molecule has 2 aromatic rings. The monoisotopic (exact) mass is 247 g/mol. The zero-order valence-corrected chi connectivity index (χ0v) is 10.4. The normalized spacial score (nSPS) is 12.5. The molecule has 2 aromatic carbocycles. The summed E-state index contributed by atoms with van der Waals surface area (Å²) in [4.78, 5) is 0. The molecule has 0 amide bonds. The van der Waals surface area contributed by atoms with Crippen LogP contribution in [-0.2, 0) is 0 Å². The highest BCUT2D eigenvalue weighted by Gasteiger charge is 2.17. The van der Waals surface area contributed by atoms with Gasteiger partial charge < -0.3 is 5.73 Å². The predicted octanol–water partition coefficient (Wildman–Crippen LogP) is 3.63. The summed E-state index contributed by atoms with van der Waals surface area (Å²) in [5.74, 6) is -1.74. The Labute approximate surface area is 105 Å². The summed E-state index contributed by atoms with van der Waals surface area (Å²) in [5.41, 5.74) is 9.11. The average molecular weight is 247 g/mol. The van der Waals surface area contributed by atoms with E-state index in [1.165, 1.54) is 12.1 Å². The van der Waals surface area contributed by atoms with Crippen LogP contribution in [0.5, 0.6) is 0 Å². The molecule has 0 spiro atoms. The Bertz CT molecular complexity index is 579. The Morgan fingerprint density at radius 2 is 1.72 bits per heavy atom. The first-order valence-corrected chi connectivity index (χ1v) is 5.77. The molecule has 18 heavy (non-hydrogen) atoms. The van der Waals surface area contributed by atoms with E-state index in [1.54, 1.807) is 0 Å². The summed E-state index contributed by atoms with van der Waals surface area (Å²) in [6.07, 6.45) is 0. The van der Waals surface area contributed by atoms with Gasteiger partial charge in [0.25, 0.3) is 0 Å². The molecule has 1 nitrogen and oxygen atoms in total. The lowest BCUT2D eigenvalue weighted by Crippen LogP contribution is -2.15. The molecule has 3 heteroatoms. The van der Waals surface area contributed by atoms with Crippen LogP contribution in [0.4, 0.5) is 8.78 Å². The molecule has 0 heterocycles. The Morgan fingerprint density at radius 3 is 2.39 bits per heavy atom. The van der Waals surface area contributed by atoms with Crippen LogP contribution in [0.2, 0.25) is 0 Å². The summed E-state index contributed by atoms with van der Waals surface area (Å²) in [7, 11) is 0. The lowest BCUT2D eigenvalue weighted by Gasteiger charge is -2.16. The maximum atomic E-state index is 13.7. The second-order valence-electron chi connectivity index (χ2n) is 4.48. The van der Waals surface area contributed by atoms with E-state index in [4.69, 9.17) is 5.73 Å². The topological polar surface area (TPSA) is 26.0 Å². The molecule has 0 fully saturated rings. The van der Waals surface area contributed by atoms with E-state index in [0.717, 1.165) is 22.8 Å². The largest absolute Gasteiger partial charge is 0.320 e. The van der Waals surface area contributed by atoms with E-state index >= 15 is 0 Å². The smallest absolute Gasteiger partial charge is 0.163 e. The van der Waals surface area contributed by atoms with Crippen molar-refractivity contribution in [2.24, 2.45) is 5.73 Å². The van der Waals surface area contributed by atoms with Crippen molar-refractivity contribution in [1.29, 1.82) is 0 Å².